The zero-order valence-corrected chi connectivity index (χ0v) is 18.5. The van der Waals surface area contributed by atoms with Crippen LogP contribution in [0.2, 0.25) is 0 Å². The van der Waals surface area contributed by atoms with Crippen molar-refractivity contribution >= 4 is 32.5 Å². The standard InChI is InChI=1S/C23H23NO7S/c1-14-22(17-5-3-4-6-18(17)24-14)23(26)15(2)31-21(25)9-12-32(27,28)16-7-8-19-20(13-16)30-11-10-29-19/h3-8,13,15,24H,9-12H2,1-2H3/t15-/m1/s1. The van der Waals surface area contributed by atoms with Crippen LogP contribution in [0, 0.1) is 6.92 Å². The number of para-hydroxylation sites is 1. The number of ether oxygens (including phenoxy) is 3. The minimum Gasteiger partial charge on any atom is -0.486 e. The van der Waals surface area contributed by atoms with E-state index in [0.717, 1.165) is 10.9 Å². The number of benzene rings is 2. The molecule has 0 unspecified atom stereocenters. The number of sulfone groups is 1. The average molecular weight is 458 g/mol. The number of aryl methyl sites for hydroxylation is 1. The van der Waals surface area contributed by atoms with E-state index in [1.807, 2.05) is 24.3 Å². The predicted molar refractivity (Wildman–Crippen MR) is 117 cm³/mol. The van der Waals surface area contributed by atoms with Gasteiger partial charge in [0.1, 0.15) is 13.2 Å². The fourth-order valence-corrected chi connectivity index (χ4v) is 4.89. The Morgan fingerprint density at radius 2 is 1.81 bits per heavy atom. The molecule has 1 aromatic heterocycles. The Morgan fingerprint density at radius 3 is 2.59 bits per heavy atom. The van der Waals surface area contributed by atoms with Crippen LogP contribution in [0.4, 0.5) is 0 Å². The smallest absolute Gasteiger partial charge is 0.307 e. The van der Waals surface area contributed by atoms with Gasteiger partial charge in [-0.05, 0) is 32.0 Å². The molecule has 4 rings (SSSR count). The number of hydrogen-bond acceptors (Lipinski definition) is 7. The lowest BCUT2D eigenvalue weighted by Crippen LogP contribution is -2.26. The quantitative estimate of drug-likeness (QED) is 0.428. The Balaban J connectivity index is 1.40. The van der Waals surface area contributed by atoms with Crippen molar-refractivity contribution in [3.8, 4) is 11.5 Å². The number of H-pyrrole nitrogens is 1. The Labute approximate surface area is 185 Å². The van der Waals surface area contributed by atoms with E-state index >= 15 is 0 Å². The summed E-state index contributed by atoms with van der Waals surface area (Å²) >= 11 is 0. The molecule has 3 aromatic rings. The minimum atomic E-state index is -3.75. The highest BCUT2D eigenvalue weighted by Crippen LogP contribution is 2.32. The number of aromatic amines is 1. The predicted octanol–water partition coefficient (Wildman–Crippen LogP) is 3.23. The molecular formula is C23H23NO7S. The summed E-state index contributed by atoms with van der Waals surface area (Å²) in [5, 5.41) is 0.749. The second kappa shape index (κ2) is 8.66. The third-order valence-electron chi connectivity index (χ3n) is 5.27. The van der Waals surface area contributed by atoms with Gasteiger partial charge in [0.05, 0.1) is 17.1 Å². The van der Waals surface area contributed by atoms with Crippen molar-refractivity contribution in [3.05, 3.63) is 53.7 Å². The van der Waals surface area contributed by atoms with Crippen molar-refractivity contribution in [1.29, 1.82) is 0 Å². The lowest BCUT2D eigenvalue weighted by molar-refractivity contribution is -0.145. The van der Waals surface area contributed by atoms with E-state index in [1.54, 1.807) is 6.92 Å². The van der Waals surface area contributed by atoms with Crippen LogP contribution >= 0.6 is 0 Å². The molecule has 168 valence electrons. The Kier molecular flexibility index (Phi) is 5.92. The largest absolute Gasteiger partial charge is 0.486 e. The van der Waals surface area contributed by atoms with Crippen LogP contribution in [-0.2, 0) is 19.4 Å². The van der Waals surface area contributed by atoms with E-state index in [4.69, 9.17) is 14.2 Å². The van der Waals surface area contributed by atoms with Crippen molar-refractivity contribution in [1.82, 2.24) is 4.98 Å². The number of esters is 1. The molecular weight excluding hydrogens is 434 g/mol. The van der Waals surface area contributed by atoms with Crippen LogP contribution < -0.4 is 9.47 Å². The molecule has 1 N–H and O–H groups in total. The van der Waals surface area contributed by atoms with E-state index in [1.165, 1.54) is 25.1 Å². The highest BCUT2D eigenvalue weighted by Gasteiger charge is 2.26. The number of aromatic nitrogens is 1. The number of carbonyl (C=O) groups excluding carboxylic acids is 2. The second-order valence-corrected chi connectivity index (χ2v) is 9.65. The minimum absolute atomic E-state index is 0.0353. The molecule has 0 saturated heterocycles. The molecule has 2 heterocycles. The number of fused-ring (bicyclic) bond motifs is 2. The van der Waals surface area contributed by atoms with E-state index < -0.39 is 27.7 Å². The van der Waals surface area contributed by atoms with Gasteiger partial charge in [0, 0.05) is 28.2 Å². The number of rotatable bonds is 7. The van der Waals surface area contributed by atoms with E-state index in [0.29, 0.717) is 36.0 Å². The van der Waals surface area contributed by atoms with Gasteiger partial charge in [0.2, 0.25) is 5.78 Å². The molecule has 1 aliphatic heterocycles. The lowest BCUT2D eigenvalue weighted by Gasteiger charge is -2.18. The molecule has 0 saturated carbocycles. The van der Waals surface area contributed by atoms with Gasteiger partial charge in [-0.2, -0.15) is 0 Å². The summed E-state index contributed by atoms with van der Waals surface area (Å²) in [6.07, 6.45) is -1.42. The molecule has 1 atom stereocenters. The third kappa shape index (κ3) is 4.34. The first-order chi connectivity index (χ1) is 15.3. The van der Waals surface area contributed by atoms with Crippen molar-refractivity contribution in [2.45, 2.75) is 31.3 Å². The van der Waals surface area contributed by atoms with Gasteiger partial charge in [-0.15, -0.1) is 0 Å². The maximum atomic E-state index is 12.9. The van der Waals surface area contributed by atoms with Crippen LogP contribution in [0.5, 0.6) is 11.5 Å². The first-order valence-corrected chi connectivity index (χ1v) is 11.8. The third-order valence-corrected chi connectivity index (χ3v) is 6.98. The van der Waals surface area contributed by atoms with Crippen molar-refractivity contribution < 1.29 is 32.2 Å². The molecule has 0 fully saturated rings. The Morgan fingerprint density at radius 1 is 1.09 bits per heavy atom. The maximum absolute atomic E-state index is 12.9. The Hall–Kier alpha value is -3.33. The average Bonchev–Trinajstić information content (AvgIpc) is 3.12. The highest BCUT2D eigenvalue weighted by molar-refractivity contribution is 7.91. The topological polar surface area (TPSA) is 112 Å². The van der Waals surface area contributed by atoms with Crippen LogP contribution in [0.15, 0.2) is 47.4 Å². The molecule has 32 heavy (non-hydrogen) atoms. The first kappa shape index (κ1) is 21.9. The summed E-state index contributed by atoms with van der Waals surface area (Å²) in [5.41, 5.74) is 1.96. The monoisotopic (exact) mass is 457 g/mol. The number of Topliss-reactive ketones (excluding diaryl/α,β-unsaturated/α-hetero) is 1. The number of carbonyl (C=O) groups is 2. The van der Waals surface area contributed by atoms with Gasteiger partial charge in [-0.1, -0.05) is 18.2 Å². The fourth-order valence-electron chi connectivity index (χ4n) is 3.66. The number of ketones is 1. The van der Waals surface area contributed by atoms with Crippen molar-refractivity contribution in [2.24, 2.45) is 0 Å². The van der Waals surface area contributed by atoms with Crippen LogP contribution in [0.25, 0.3) is 10.9 Å². The van der Waals surface area contributed by atoms with Crippen LogP contribution in [-0.4, -0.2) is 50.2 Å². The van der Waals surface area contributed by atoms with Gasteiger partial charge >= 0.3 is 5.97 Å². The van der Waals surface area contributed by atoms with Gasteiger partial charge in [0.25, 0.3) is 0 Å². The summed E-state index contributed by atoms with van der Waals surface area (Å²) in [6, 6.07) is 11.7. The summed E-state index contributed by atoms with van der Waals surface area (Å²) in [6.45, 7) is 4.00. The second-order valence-electron chi connectivity index (χ2n) is 7.54. The summed E-state index contributed by atoms with van der Waals surface area (Å²) in [5.74, 6) is -0.714. The molecule has 0 amide bonds. The molecule has 9 heteroatoms. The van der Waals surface area contributed by atoms with E-state index in [9.17, 15) is 18.0 Å². The first-order valence-electron chi connectivity index (χ1n) is 10.2. The van der Waals surface area contributed by atoms with Crippen LogP contribution in [0.3, 0.4) is 0 Å². The summed E-state index contributed by atoms with van der Waals surface area (Å²) in [4.78, 5) is 28.4. The van der Waals surface area contributed by atoms with Gasteiger partial charge in [0.15, 0.2) is 27.4 Å². The molecule has 0 radical (unpaired) electrons. The normalized spacial score (nSPS) is 14.2. The maximum Gasteiger partial charge on any atom is 0.307 e. The van der Waals surface area contributed by atoms with Gasteiger partial charge in [-0.3, -0.25) is 9.59 Å². The summed E-state index contributed by atoms with van der Waals surface area (Å²) in [7, 11) is -3.75. The van der Waals surface area contributed by atoms with Gasteiger partial charge in [-0.25, -0.2) is 8.42 Å². The van der Waals surface area contributed by atoms with Crippen molar-refractivity contribution in [3.63, 3.8) is 0 Å². The lowest BCUT2D eigenvalue weighted by atomic mass is 10.0. The number of hydrogen-bond donors (Lipinski definition) is 1. The zero-order chi connectivity index (χ0) is 22.9. The highest BCUT2D eigenvalue weighted by atomic mass is 32.2. The Bertz CT molecular complexity index is 1290. The number of nitrogens with one attached hydrogen (secondary N) is 1. The van der Waals surface area contributed by atoms with Crippen molar-refractivity contribution in [2.75, 3.05) is 19.0 Å². The molecule has 0 aliphatic carbocycles. The fraction of sp³-hybridized carbons (Fsp3) is 0.304. The van der Waals surface area contributed by atoms with Crippen LogP contribution in [0.1, 0.15) is 29.4 Å². The molecule has 1 aliphatic rings. The molecule has 0 spiro atoms. The van der Waals surface area contributed by atoms with E-state index in [2.05, 4.69) is 4.98 Å². The SMILES string of the molecule is Cc1[nH]c2ccccc2c1C(=O)[C@@H](C)OC(=O)CCS(=O)(=O)c1ccc2c(c1)OCCO2. The summed E-state index contributed by atoms with van der Waals surface area (Å²) < 4.78 is 41.4. The molecule has 2 aromatic carbocycles. The van der Waals surface area contributed by atoms with E-state index in [-0.39, 0.29) is 17.1 Å². The zero-order valence-electron chi connectivity index (χ0n) is 17.7. The van der Waals surface area contributed by atoms with Gasteiger partial charge < -0.3 is 19.2 Å². The molecule has 0 bridgehead atoms. The molecule has 8 nitrogen and oxygen atoms in total.